The number of rotatable bonds is 4. The van der Waals surface area contributed by atoms with Gasteiger partial charge in [0.2, 0.25) is 0 Å². The van der Waals surface area contributed by atoms with Gasteiger partial charge < -0.3 is 5.32 Å². The molecule has 0 atom stereocenters. The molecule has 0 radical (unpaired) electrons. The van der Waals surface area contributed by atoms with Gasteiger partial charge in [0.25, 0.3) is 0 Å². The minimum absolute atomic E-state index is 0.134. The van der Waals surface area contributed by atoms with E-state index in [4.69, 9.17) is 0 Å². The van der Waals surface area contributed by atoms with Gasteiger partial charge in [0.05, 0.1) is 0 Å². The lowest BCUT2D eigenvalue weighted by atomic mass is 10.2. The van der Waals surface area contributed by atoms with E-state index in [2.05, 4.69) is 10.3 Å². The van der Waals surface area contributed by atoms with E-state index in [1.807, 2.05) is 30.5 Å². The van der Waals surface area contributed by atoms with Gasteiger partial charge in [0, 0.05) is 23.5 Å². The van der Waals surface area contributed by atoms with Crippen LogP contribution in [-0.4, -0.2) is 4.98 Å². The first-order chi connectivity index (χ1) is 7.86. The third kappa shape index (κ3) is 2.87. The molecule has 1 aromatic heterocycles. The third-order valence-electron chi connectivity index (χ3n) is 2.42. The second-order valence-corrected chi connectivity index (χ2v) is 3.65. The Balaban J connectivity index is 1.87. The highest BCUT2D eigenvalue weighted by atomic mass is 19.1. The van der Waals surface area contributed by atoms with Crippen molar-refractivity contribution in [2.45, 2.75) is 13.1 Å². The average Bonchev–Trinajstić information content (AvgIpc) is 2.33. The number of nitrogens with zero attached hydrogens (tertiary/aromatic N) is 1. The molecule has 0 spiro atoms. The van der Waals surface area contributed by atoms with Crippen molar-refractivity contribution in [1.29, 1.82) is 0 Å². The van der Waals surface area contributed by atoms with E-state index < -0.39 is 0 Å². The van der Waals surface area contributed by atoms with Crippen LogP contribution in [0.2, 0.25) is 0 Å². The van der Waals surface area contributed by atoms with Crippen molar-refractivity contribution < 1.29 is 9.71 Å². The molecule has 0 saturated carbocycles. The predicted molar refractivity (Wildman–Crippen MR) is 60.0 cm³/mol. The van der Waals surface area contributed by atoms with Gasteiger partial charge in [-0.05, 0) is 12.1 Å². The van der Waals surface area contributed by atoms with Gasteiger partial charge in [-0.2, -0.15) is 0 Å². The summed E-state index contributed by atoms with van der Waals surface area (Å²) in [5.74, 6) is -0.134. The highest BCUT2D eigenvalue weighted by molar-refractivity contribution is 5.15. The minimum atomic E-state index is -0.134. The van der Waals surface area contributed by atoms with Gasteiger partial charge >= 0.3 is 0 Å². The van der Waals surface area contributed by atoms with Crippen molar-refractivity contribution in [3.05, 3.63) is 65.7 Å². The molecule has 0 amide bonds. The summed E-state index contributed by atoms with van der Waals surface area (Å²) in [6, 6.07) is 10.8. The lowest BCUT2D eigenvalue weighted by Gasteiger charge is -2.02. The van der Waals surface area contributed by atoms with E-state index in [0.29, 0.717) is 6.54 Å². The second-order valence-electron chi connectivity index (χ2n) is 3.65. The number of aromatic nitrogens is 1. The second kappa shape index (κ2) is 5.37. The smallest absolute Gasteiger partial charge is 0.132 e. The van der Waals surface area contributed by atoms with Crippen molar-refractivity contribution in [3.63, 3.8) is 0 Å². The van der Waals surface area contributed by atoms with E-state index in [1.54, 1.807) is 12.3 Å². The third-order valence-corrected chi connectivity index (χ3v) is 2.42. The fourth-order valence-electron chi connectivity index (χ4n) is 1.58. The molecule has 1 aromatic carbocycles. The number of hydrogen-bond donors (Lipinski definition) is 1. The first-order valence-electron chi connectivity index (χ1n) is 5.30. The first kappa shape index (κ1) is 10.8. The fourth-order valence-corrected chi connectivity index (χ4v) is 1.58. The van der Waals surface area contributed by atoms with Crippen LogP contribution in [0.15, 0.2) is 48.8 Å². The van der Waals surface area contributed by atoms with Crippen molar-refractivity contribution in [2.24, 2.45) is 0 Å². The fraction of sp³-hybridized carbons (Fsp3) is 0.154. The summed E-state index contributed by atoms with van der Waals surface area (Å²) in [6.45, 7) is 1.48. The maximum Gasteiger partial charge on any atom is 0.132 e. The van der Waals surface area contributed by atoms with E-state index in [1.165, 1.54) is 6.07 Å². The van der Waals surface area contributed by atoms with Crippen LogP contribution in [0.1, 0.15) is 11.1 Å². The Labute approximate surface area is 94.2 Å². The molecular formula is C13H14FN2+. The Morgan fingerprint density at radius 1 is 1.06 bits per heavy atom. The number of halogens is 1. The molecule has 0 aliphatic rings. The van der Waals surface area contributed by atoms with Gasteiger partial charge in [-0.15, -0.1) is 0 Å². The number of hydrogen-bond acceptors (Lipinski definition) is 1. The largest absolute Gasteiger partial charge is 0.339 e. The summed E-state index contributed by atoms with van der Waals surface area (Å²) in [7, 11) is 0. The van der Waals surface area contributed by atoms with Gasteiger partial charge in [0.15, 0.2) is 0 Å². The first-order valence-corrected chi connectivity index (χ1v) is 5.30. The maximum absolute atomic E-state index is 13.3. The lowest BCUT2D eigenvalue weighted by Crippen LogP contribution is -2.80. The van der Waals surface area contributed by atoms with E-state index in [0.717, 1.165) is 17.7 Å². The highest BCUT2D eigenvalue weighted by Crippen LogP contribution is 2.03. The van der Waals surface area contributed by atoms with E-state index in [9.17, 15) is 4.39 Å². The van der Waals surface area contributed by atoms with Gasteiger partial charge in [-0.1, -0.05) is 24.3 Å². The standard InChI is InChI=1S/C13H13FN2/c14-13-6-2-1-5-12(13)10-16-9-11-4-3-7-15-8-11/h1-8,16H,9-10H2/p+1. The summed E-state index contributed by atoms with van der Waals surface area (Å²) in [6.07, 6.45) is 3.58. The Kier molecular flexibility index (Phi) is 3.62. The van der Waals surface area contributed by atoms with Crippen molar-refractivity contribution in [1.82, 2.24) is 4.98 Å². The molecule has 0 bridgehead atoms. The van der Waals surface area contributed by atoms with Crippen LogP contribution < -0.4 is 5.32 Å². The van der Waals surface area contributed by atoms with Crippen LogP contribution in [0, 0.1) is 5.82 Å². The molecule has 2 aromatic rings. The van der Waals surface area contributed by atoms with Crippen molar-refractivity contribution >= 4 is 0 Å². The molecule has 0 unspecified atom stereocenters. The Hall–Kier alpha value is -1.74. The zero-order valence-electron chi connectivity index (χ0n) is 8.94. The normalized spacial score (nSPS) is 10.3. The maximum atomic E-state index is 13.3. The molecule has 0 fully saturated rings. The zero-order valence-corrected chi connectivity index (χ0v) is 8.94. The van der Waals surface area contributed by atoms with Gasteiger partial charge in [-0.25, -0.2) is 4.39 Å². The lowest BCUT2D eigenvalue weighted by molar-refractivity contribution is -0.686. The van der Waals surface area contributed by atoms with Crippen LogP contribution in [0.3, 0.4) is 0 Å². The summed E-state index contributed by atoms with van der Waals surface area (Å²) in [5, 5.41) is 2.06. The number of quaternary nitrogens is 1. The molecule has 2 N–H and O–H groups in total. The molecule has 1 heterocycles. The summed E-state index contributed by atoms with van der Waals surface area (Å²) in [4.78, 5) is 4.03. The monoisotopic (exact) mass is 217 g/mol. The summed E-state index contributed by atoms with van der Waals surface area (Å²) < 4.78 is 13.3. The molecule has 82 valence electrons. The number of benzene rings is 1. The predicted octanol–water partition coefficient (Wildman–Crippen LogP) is 1.48. The van der Waals surface area contributed by atoms with Gasteiger partial charge in [-0.3, -0.25) is 4.98 Å². The number of nitrogens with two attached hydrogens (primary N) is 1. The summed E-state index contributed by atoms with van der Waals surface area (Å²) in [5.41, 5.74) is 1.89. The van der Waals surface area contributed by atoms with E-state index in [-0.39, 0.29) is 5.82 Å². The van der Waals surface area contributed by atoms with Crippen LogP contribution in [0.5, 0.6) is 0 Å². The van der Waals surface area contributed by atoms with E-state index >= 15 is 0 Å². The van der Waals surface area contributed by atoms with Crippen molar-refractivity contribution in [2.75, 3.05) is 0 Å². The molecule has 2 rings (SSSR count). The molecule has 0 saturated heterocycles. The quantitative estimate of drug-likeness (QED) is 0.826. The number of pyridine rings is 1. The summed E-state index contributed by atoms with van der Waals surface area (Å²) >= 11 is 0. The minimum Gasteiger partial charge on any atom is -0.339 e. The molecule has 0 aliphatic carbocycles. The van der Waals surface area contributed by atoms with Crippen LogP contribution in [0.25, 0.3) is 0 Å². The molecule has 2 nitrogen and oxygen atoms in total. The zero-order chi connectivity index (χ0) is 11.2. The highest BCUT2D eigenvalue weighted by Gasteiger charge is 2.02. The molecule has 16 heavy (non-hydrogen) atoms. The SMILES string of the molecule is Fc1ccccc1C[NH2+]Cc1cccnc1. The Bertz CT molecular complexity index is 443. The Morgan fingerprint density at radius 3 is 2.69 bits per heavy atom. The van der Waals surface area contributed by atoms with Crippen molar-refractivity contribution in [3.8, 4) is 0 Å². The van der Waals surface area contributed by atoms with Crippen LogP contribution >= 0.6 is 0 Å². The molecule has 0 aliphatic heterocycles. The molecular weight excluding hydrogens is 203 g/mol. The van der Waals surface area contributed by atoms with Crippen LogP contribution in [-0.2, 0) is 13.1 Å². The average molecular weight is 217 g/mol. The van der Waals surface area contributed by atoms with Crippen LogP contribution in [0.4, 0.5) is 4.39 Å². The topological polar surface area (TPSA) is 29.5 Å². The van der Waals surface area contributed by atoms with Gasteiger partial charge in [0.1, 0.15) is 18.9 Å². The Morgan fingerprint density at radius 2 is 1.94 bits per heavy atom. The molecule has 3 heteroatoms.